The van der Waals surface area contributed by atoms with Crippen molar-refractivity contribution in [1.29, 1.82) is 0 Å². The maximum Gasteiger partial charge on any atom is 0.382 e. The number of hydrogen-bond donors (Lipinski definition) is 1. The Morgan fingerprint density at radius 2 is 2.33 bits per heavy atom. The minimum absolute atomic E-state index is 0. The molecule has 0 spiro atoms. The van der Waals surface area contributed by atoms with Crippen LogP contribution in [0.1, 0.15) is 5.56 Å². The molecule has 3 nitrogen and oxygen atoms in total. The Morgan fingerprint density at radius 3 is 2.83 bits per heavy atom. The van der Waals surface area contributed by atoms with Gasteiger partial charge < -0.3 is 5.11 Å². The lowest BCUT2D eigenvalue weighted by atomic mass is 10.3. The van der Waals surface area contributed by atoms with Gasteiger partial charge in [-0.05, 0) is 12.1 Å². The zero-order chi connectivity index (χ0) is 8.10. The lowest BCUT2D eigenvalue weighted by Gasteiger charge is -1.83. The Balaban J connectivity index is 0.00000121. The van der Waals surface area contributed by atoms with Crippen LogP contribution in [0.15, 0.2) is 24.5 Å². The van der Waals surface area contributed by atoms with Crippen LogP contribution in [0.25, 0.3) is 0 Å². The summed E-state index contributed by atoms with van der Waals surface area (Å²) in [7, 11) is 0. The van der Waals surface area contributed by atoms with Gasteiger partial charge in [0.2, 0.25) is 0 Å². The number of hydrogen-bond acceptors (Lipinski definition) is 2. The molecular formula is C8H6ClNO2. The number of halogens is 1. The first-order chi connectivity index (χ1) is 5.29. The number of rotatable bonds is 0. The Bertz CT molecular complexity index is 313. The molecule has 0 bridgehead atoms. The van der Waals surface area contributed by atoms with E-state index in [-0.39, 0.29) is 12.4 Å². The smallest absolute Gasteiger partial charge is 0.382 e. The van der Waals surface area contributed by atoms with Gasteiger partial charge in [0.25, 0.3) is 0 Å². The number of pyridine rings is 1. The van der Waals surface area contributed by atoms with Gasteiger partial charge in [0.05, 0.1) is 0 Å². The first-order valence-electron chi connectivity index (χ1n) is 2.94. The molecule has 62 valence electrons. The molecular weight excluding hydrogens is 178 g/mol. The van der Waals surface area contributed by atoms with Gasteiger partial charge in [-0.3, -0.25) is 4.98 Å². The fourth-order valence-electron chi connectivity index (χ4n) is 0.562. The van der Waals surface area contributed by atoms with Crippen molar-refractivity contribution in [3.63, 3.8) is 0 Å². The summed E-state index contributed by atoms with van der Waals surface area (Å²) in [5.41, 5.74) is 0.606. The highest BCUT2D eigenvalue weighted by molar-refractivity contribution is 5.87. The average molecular weight is 184 g/mol. The van der Waals surface area contributed by atoms with Gasteiger partial charge in [-0.1, -0.05) is 5.92 Å². The Hall–Kier alpha value is -1.53. The minimum Gasteiger partial charge on any atom is -0.472 e. The van der Waals surface area contributed by atoms with E-state index in [1.165, 1.54) is 6.20 Å². The lowest BCUT2D eigenvalue weighted by molar-refractivity contribution is -0.130. The van der Waals surface area contributed by atoms with Crippen LogP contribution in [0.4, 0.5) is 0 Å². The molecule has 0 radical (unpaired) electrons. The molecule has 0 aliphatic rings. The van der Waals surface area contributed by atoms with Gasteiger partial charge in [0.15, 0.2) is 0 Å². The topological polar surface area (TPSA) is 50.2 Å². The molecule has 1 N–H and O–H groups in total. The number of carbonyl (C=O) groups is 1. The second kappa shape index (κ2) is 5.16. The average Bonchev–Trinajstić information content (AvgIpc) is 2.03. The summed E-state index contributed by atoms with van der Waals surface area (Å²) in [5.74, 6) is 3.29. The lowest BCUT2D eigenvalue weighted by Crippen LogP contribution is -1.87. The third-order valence-electron chi connectivity index (χ3n) is 0.975. The molecule has 4 heteroatoms. The van der Waals surface area contributed by atoms with Crippen LogP contribution in [0.5, 0.6) is 0 Å². The summed E-state index contributed by atoms with van der Waals surface area (Å²) in [4.78, 5) is 13.7. The fourth-order valence-corrected chi connectivity index (χ4v) is 0.562. The van der Waals surface area contributed by atoms with Gasteiger partial charge in [-0.25, -0.2) is 4.79 Å². The largest absolute Gasteiger partial charge is 0.472 e. The second-order valence-electron chi connectivity index (χ2n) is 1.80. The van der Waals surface area contributed by atoms with Gasteiger partial charge in [-0.15, -0.1) is 12.4 Å². The van der Waals surface area contributed by atoms with Crippen molar-refractivity contribution in [3.8, 4) is 11.8 Å². The van der Waals surface area contributed by atoms with Crippen LogP contribution >= 0.6 is 12.4 Å². The summed E-state index contributed by atoms with van der Waals surface area (Å²) in [5, 5.41) is 8.18. The highest BCUT2D eigenvalue weighted by Crippen LogP contribution is 1.90. The molecule has 0 amide bonds. The van der Waals surface area contributed by atoms with Crippen molar-refractivity contribution in [2.45, 2.75) is 0 Å². The van der Waals surface area contributed by atoms with Crippen molar-refractivity contribution >= 4 is 18.4 Å². The van der Waals surface area contributed by atoms with Crippen molar-refractivity contribution in [2.24, 2.45) is 0 Å². The third kappa shape index (κ3) is 3.59. The maximum absolute atomic E-state index is 9.98. The Morgan fingerprint density at radius 1 is 1.58 bits per heavy atom. The molecule has 1 heterocycles. The summed E-state index contributed by atoms with van der Waals surface area (Å²) in [6, 6.07) is 3.40. The predicted octanol–water partition coefficient (Wildman–Crippen LogP) is 0.939. The van der Waals surface area contributed by atoms with Crippen LogP contribution < -0.4 is 0 Å². The molecule has 12 heavy (non-hydrogen) atoms. The van der Waals surface area contributed by atoms with Crippen LogP contribution in [0, 0.1) is 11.8 Å². The molecule has 1 aromatic rings. The number of carboxylic acids is 1. The van der Waals surface area contributed by atoms with E-state index in [2.05, 4.69) is 10.9 Å². The highest BCUT2D eigenvalue weighted by atomic mass is 35.5. The molecule has 0 saturated heterocycles. The standard InChI is InChI=1S/C8H5NO2.ClH/c10-8(11)4-3-7-2-1-5-9-6-7;/h1-2,5-6H,(H,10,11);1H. The minimum atomic E-state index is -1.13. The molecule has 1 rings (SSSR count). The van der Waals surface area contributed by atoms with Crippen molar-refractivity contribution < 1.29 is 9.90 Å². The molecule has 0 atom stereocenters. The second-order valence-corrected chi connectivity index (χ2v) is 1.80. The van der Waals surface area contributed by atoms with Crippen molar-refractivity contribution in [3.05, 3.63) is 30.1 Å². The summed E-state index contributed by atoms with van der Waals surface area (Å²) in [6.07, 6.45) is 3.11. The number of carboxylic acid groups (broad SMARTS) is 1. The first kappa shape index (κ1) is 10.5. The quantitative estimate of drug-likeness (QED) is 0.609. The van der Waals surface area contributed by atoms with Gasteiger partial charge in [0.1, 0.15) is 0 Å². The van der Waals surface area contributed by atoms with E-state index < -0.39 is 5.97 Å². The number of aliphatic carboxylic acids is 1. The van der Waals surface area contributed by atoms with Crippen LogP contribution in [0.3, 0.4) is 0 Å². The molecule has 0 aliphatic carbocycles. The maximum atomic E-state index is 9.98. The number of aromatic nitrogens is 1. The van der Waals surface area contributed by atoms with E-state index in [0.29, 0.717) is 5.56 Å². The fraction of sp³-hybridized carbons (Fsp3) is 0. The normalized spacial score (nSPS) is 7.33. The van der Waals surface area contributed by atoms with Gasteiger partial charge in [0, 0.05) is 23.9 Å². The Kier molecular flexibility index (Phi) is 4.51. The predicted molar refractivity (Wildman–Crippen MR) is 46.0 cm³/mol. The monoisotopic (exact) mass is 183 g/mol. The highest BCUT2D eigenvalue weighted by Gasteiger charge is 1.85. The van der Waals surface area contributed by atoms with E-state index in [1.807, 2.05) is 5.92 Å². The molecule has 0 unspecified atom stereocenters. The van der Waals surface area contributed by atoms with E-state index >= 15 is 0 Å². The Labute approximate surface area is 75.9 Å². The molecule has 0 aliphatic heterocycles. The van der Waals surface area contributed by atoms with Crippen molar-refractivity contribution in [2.75, 3.05) is 0 Å². The zero-order valence-electron chi connectivity index (χ0n) is 6.02. The molecule has 1 aromatic heterocycles. The van der Waals surface area contributed by atoms with Crippen LogP contribution in [-0.2, 0) is 4.79 Å². The summed E-state index contributed by atoms with van der Waals surface area (Å²) < 4.78 is 0. The molecule has 0 aromatic carbocycles. The SMILES string of the molecule is Cl.O=C(O)C#Cc1cccnc1. The summed E-state index contributed by atoms with van der Waals surface area (Å²) in [6.45, 7) is 0. The van der Waals surface area contributed by atoms with E-state index in [0.717, 1.165) is 0 Å². The molecule has 0 saturated carbocycles. The number of nitrogens with zero attached hydrogens (tertiary/aromatic N) is 1. The van der Waals surface area contributed by atoms with Gasteiger partial charge in [-0.2, -0.15) is 0 Å². The van der Waals surface area contributed by atoms with E-state index in [1.54, 1.807) is 18.3 Å². The zero-order valence-corrected chi connectivity index (χ0v) is 6.84. The van der Waals surface area contributed by atoms with Gasteiger partial charge >= 0.3 is 5.97 Å². The molecule has 0 fully saturated rings. The van der Waals surface area contributed by atoms with Crippen LogP contribution in [-0.4, -0.2) is 16.1 Å². The van der Waals surface area contributed by atoms with Crippen LogP contribution in [0.2, 0.25) is 0 Å². The van der Waals surface area contributed by atoms with E-state index in [9.17, 15) is 4.79 Å². The first-order valence-corrected chi connectivity index (χ1v) is 2.94. The third-order valence-corrected chi connectivity index (χ3v) is 0.975. The van der Waals surface area contributed by atoms with Crippen molar-refractivity contribution in [1.82, 2.24) is 4.98 Å². The summed E-state index contributed by atoms with van der Waals surface area (Å²) >= 11 is 0. The van der Waals surface area contributed by atoms with E-state index in [4.69, 9.17) is 5.11 Å².